The third-order valence-electron chi connectivity index (χ3n) is 18.1. The molecule has 2 fully saturated rings. The summed E-state index contributed by atoms with van der Waals surface area (Å²) in [5.74, 6) is -0.241. The zero-order chi connectivity index (χ0) is 62.3. The second-order valence-corrected chi connectivity index (χ2v) is 26.1. The van der Waals surface area contributed by atoms with E-state index in [9.17, 15) is 45.6 Å². The lowest BCUT2D eigenvalue weighted by Crippen LogP contribution is -2.65. The topological polar surface area (TPSA) is 228 Å². The Bertz CT molecular complexity index is 1540. The Balaban J connectivity index is 1.68. The molecule has 2 heterocycles. The third-order valence-corrected chi connectivity index (χ3v) is 18.1. The van der Waals surface area contributed by atoms with Gasteiger partial charge in [0.15, 0.2) is 12.6 Å². The number of aliphatic hydroxyl groups excluding tert-OH is 8. The second kappa shape index (κ2) is 57.4. The Morgan fingerprint density at radius 2 is 0.744 bits per heavy atom. The van der Waals surface area contributed by atoms with Gasteiger partial charge in [-0.05, 0) is 32.1 Å². The maximum absolute atomic E-state index is 13.3. The molecule has 0 spiro atoms. The highest BCUT2D eigenvalue weighted by molar-refractivity contribution is 5.76. The van der Waals surface area contributed by atoms with E-state index in [-0.39, 0.29) is 18.9 Å². The summed E-state index contributed by atoms with van der Waals surface area (Å²) in [4.78, 5) is 13.3. The standard InChI is InChI=1S/C72H137NO13/c1-3-5-7-9-11-13-15-17-19-21-23-25-27-29-31-33-35-37-39-41-43-45-47-49-51-53-55-61(76)60(59-83-71-69(82)67(80)70(63(58-75)85-71)86-72-68(81)66(79)65(78)62(57-74)84-72)73-64(77)56-54-52-50-48-46-44-42-40-38-36-34-32-30-28-26-24-22-20-18-16-14-12-10-8-6-4-2/h45,47,53,55,60-63,65-72,74-76,78-82H,3-44,46,48-52,54,56-59H2,1-2H3,(H,73,77)/b47-45+,55-53+. The first-order valence-electron chi connectivity index (χ1n) is 36.6. The van der Waals surface area contributed by atoms with Crippen molar-refractivity contribution in [2.24, 2.45) is 0 Å². The first kappa shape index (κ1) is 80.6. The molecule has 508 valence electrons. The van der Waals surface area contributed by atoms with Crippen molar-refractivity contribution in [2.75, 3.05) is 19.8 Å². The number of hydrogen-bond acceptors (Lipinski definition) is 13. The van der Waals surface area contributed by atoms with Crippen molar-refractivity contribution in [1.82, 2.24) is 5.32 Å². The van der Waals surface area contributed by atoms with Crippen LogP contribution < -0.4 is 5.32 Å². The number of allylic oxidation sites excluding steroid dienone is 3. The lowest BCUT2D eigenvalue weighted by Gasteiger charge is -2.46. The number of aliphatic hydroxyl groups is 8. The van der Waals surface area contributed by atoms with Gasteiger partial charge in [-0.2, -0.15) is 0 Å². The van der Waals surface area contributed by atoms with Gasteiger partial charge in [0.25, 0.3) is 0 Å². The average Bonchev–Trinajstić information content (AvgIpc) is 2.54. The summed E-state index contributed by atoms with van der Waals surface area (Å²) in [6, 6.07) is -0.929. The Labute approximate surface area is 526 Å². The number of carbonyl (C=O) groups excluding carboxylic acids is 1. The van der Waals surface area contributed by atoms with Crippen LogP contribution in [0.15, 0.2) is 24.3 Å². The molecule has 2 aliphatic rings. The van der Waals surface area contributed by atoms with Crippen molar-refractivity contribution < 1.29 is 64.6 Å². The van der Waals surface area contributed by atoms with Crippen LogP contribution in [0.5, 0.6) is 0 Å². The van der Waals surface area contributed by atoms with Crippen LogP contribution in [0, 0.1) is 0 Å². The van der Waals surface area contributed by atoms with Crippen molar-refractivity contribution in [3.63, 3.8) is 0 Å². The minimum atomic E-state index is -1.79. The van der Waals surface area contributed by atoms with Crippen LogP contribution in [0.3, 0.4) is 0 Å². The predicted molar refractivity (Wildman–Crippen MR) is 351 cm³/mol. The lowest BCUT2D eigenvalue weighted by atomic mass is 9.97. The Hall–Kier alpha value is -1.53. The van der Waals surface area contributed by atoms with Crippen LogP contribution in [-0.4, -0.2) is 140 Å². The largest absolute Gasteiger partial charge is 0.394 e. The first-order chi connectivity index (χ1) is 42.1. The fraction of sp³-hybridized carbons (Fsp3) is 0.931. The molecule has 2 aliphatic heterocycles. The third kappa shape index (κ3) is 41.1. The van der Waals surface area contributed by atoms with Crippen LogP contribution in [0.4, 0.5) is 0 Å². The number of nitrogens with one attached hydrogen (secondary N) is 1. The minimum Gasteiger partial charge on any atom is -0.394 e. The normalized spacial score (nSPS) is 23.5. The molecular weight excluding hydrogens is 1090 g/mol. The van der Waals surface area contributed by atoms with Crippen molar-refractivity contribution in [3.05, 3.63) is 24.3 Å². The molecule has 2 saturated heterocycles. The summed E-state index contributed by atoms with van der Waals surface area (Å²) in [5, 5.41) is 87.5. The predicted octanol–water partition coefficient (Wildman–Crippen LogP) is 15.1. The minimum absolute atomic E-state index is 0.241. The van der Waals surface area contributed by atoms with E-state index in [0.29, 0.717) is 12.8 Å². The molecule has 12 unspecified atom stereocenters. The van der Waals surface area contributed by atoms with Crippen LogP contribution in [0.25, 0.3) is 0 Å². The van der Waals surface area contributed by atoms with Gasteiger partial charge in [0, 0.05) is 6.42 Å². The van der Waals surface area contributed by atoms with Crippen LogP contribution in [0.1, 0.15) is 335 Å². The molecule has 0 saturated carbocycles. The maximum atomic E-state index is 13.3. The zero-order valence-corrected chi connectivity index (χ0v) is 55.3. The number of unbranched alkanes of at least 4 members (excludes halogenated alkanes) is 46. The molecule has 0 radical (unpaired) electrons. The van der Waals surface area contributed by atoms with Gasteiger partial charge in [0.2, 0.25) is 5.91 Å². The number of amides is 1. The van der Waals surface area contributed by atoms with Crippen LogP contribution in [-0.2, 0) is 23.7 Å². The summed E-state index contributed by atoms with van der Waals surface area (Å²) < 4.78 is 22.9. The summed E-state index contributed by atoms with van der Waals surface area (Å²) in [6.45, 7) is 2.84. The maximum Gasteiger partial charge on any atom is 0.220 e. The van der Waals surface area contributed by atoms with Crippen LogP contribution >= 0.6 is 0 Å². The van der Waals surface area contributed by atoms with E-state index < -0.39 is 86.8 Å². The van der Waals surface area contributed by atoms with Crippen molar-refractivity contribution in [1.29, 1.82) is 0 Å². The Morgan fingerprint density at radius 3 is 1.14 bits per heavy atom. The number of ether oxygens (including phenoxy) is 4. The summed E-state index contributed by atoms with van der Waals surface area (Å²) in [6.07, 6.45) is 55.3. The number of hydrogen-bond donors (Lipinski definition) is 9. The zero-order valence-electron chi connectivity index (χ0n) is 55.3. The molecule has 12 atom stereocenters. The molecule has 1 amide bonds. The SMILES string of the molecule is CCCCCCCCCCCCCCCCCCCCCC/C=C/CC/C=C/C(O)C(COC1OC(CO)C(OC2OC(CO)C(O)C(O)C2O)C(O)C1O)NC(=O)CCCCCCCCCCCCCCCCCCCCCCCCCCCC. The molecular formula is C72H137NO13. The molecule has 2 rings (SSSR count). The molecule has 14 nitrogen and oxygen atoms in total. The molecule has 0 bridgehead atoms. The number of carbonyl (C=O) groups is 1. The second-order valence-electron chi connectivity index (χ2n) is 26.1. The van der Waals surface area contributed by atoms with Gasteiger partial charge in [-0.25, -0.2) is 0 Å². The highest BCUT2D eigenvalue weighted by Gasteiger charge is 2.51. The van der Waals surface area contributed by atoms with Crippen molar-refractivity contribution >= 4 is 5.91 Å². The molecule has 0 aromatic rings. The van der Waals surface area contributed by atoms with E-state index >= 15 is 0 Å². The molecule has 86 heavy (non-hydrogen) atoms. The monoisotopic (exact) mass is 1220 g/mol. The van der Waals surface area contributed by atoms with Crippen molar-refractivity contribution in [3.8, 4) is 0 Å². The van der Waals surface area contributed by atoms with Crippen molar-refractivity contribution in [2.45, 2.75) is 408 Å². The van der Waals surface area contributed by atoms with E-state index in [0.717, 1.165) is 32.1 Å². The molecule has 0 aromatic heterocycles. The van der Waals surface area contributed by atoms with E-state index in [2.05, 4.69) is 31.3 Å². The van der Waals surface area contributed by atoms with E-state index in [1.54, 1.807) is 6.08 Å². The number of rotatable bonds is 61. The quantitative estimate of drug-likeness (QED) is 0.0204. The van der Waals surface area contributed by atoms with E-state index in [4.69, 9.17) is 18.9 Å². The van der Waals surface area contributed by atoms with Gasteiger partial charge in [-0.15, -0.1) is 0 Å². The van der Waals surface area contributed by atoms with Gasteiger partial charge in [0.1, 0.15) is 48.8 Å². The average molecular weight is 1220 g/mol. The van der Waals surface area contributed by atoms with E-state index in [1.807, 2.05) is 6.08 Å². The van der Waals surface area contributed by atoms with Gasteiger partial charge >= 0.3 is 0 Å². The summed E-state index contributed by atoms with van der Waals surface area (Å²) in [7, 11) is 0. The van der Waals surface area contributed by atoms with Gasteiger partial charge < -0.3 is 65.1 Å². The summed E-state index contributed by atoms with van der Waals surface area (Å²) in [5.41, 5.74) is 0. The molecule has 0 aliphatic carbocycles. The van der Waals surface area contributed by atoms with Crippen LogP contribution in [0.2, 0.25) is 0 Å². The van der Waals surface area contributed by atoms with Gasteiger partial charge in [-0.3, -0.25) is 4.79 Å². The summed E-state index contributed by atoms with van der Waals surface area (Å²) >= 11 is 0. The van der Waals surface area contributed by atoms with Gasteiger partial charge in [-0.1, -0.05) is 321 Å². The highest BCUT2D eigenvalue weighted by Crippen LogP contribution is 2.30. The fourth-order valence-corrected chi connectivity index (χ4v) is 12.3. The molecule has 14 heteroatoms. The molecule has 0 aromatic carbocycles. The Morgan fingerprint density at radius 1 is 0.407 bits per heavy atom. The van der Waals surface area contributed by atoms with E-state index in [1.165, 1.54) is 270 Å². The first-order valence-corrected chi connectivity index (χ1v) is 36.6. The Kier molecular flexibility index (Phi) is 53.7. The smallest absolute Gasteiger partial charge is 0.220 e. The lowest BCUT2D eigenvalue weighted by molar-refractivity contribution is -0.359. The molecule has 9 N–H and O–H groups in total. The highest BCUT2D eigenvalue weighted by atomic mass is 16.7. The fourth-order valence-electron chi connectivity index (χ4n) is 12.3. The van der Waals surface area contributed by atoms with Gasteiger partial charge in [0.05, 0.1) is 32.0 Å².